The number of benzene rings is 2. The van der Waals surface area contributed by atoms with E-state index >= 15 is 0 Å². The first-order valence-electron chi connectivity index (χ1n) is 12.0. The highest BCUT2D eigenvalue weighted by molar-refractivity contribution is 5.97. The van der Waals surface area contributed by atoms with Gasteiger partial charge in [-0.05, 0) is 42.7 Å². The summed E-state index contributed by atoms with van der Waals surface area (Å²) in [5, 5.41) is 0. The molecule has 0 radical (unpaired) electrons. The second-order valence-corrected chi connectivity index (χ2v) is 8.74. The summed E-state index contributed by atoms with van der Waals surface area (Å²) in [6.45, 7) is 1.59. The summed E-state index contributed by atoms with van der Waals surface area (Å²) in [5.74, 6) is 1.22. The molecule has 1 unspecified atom stereocenters. The topological polar surface area (TPSA) is 81.5 Å². The minimum Gasteiger partial charge on any atom is -0.497 e. The summed E-state index contributed by atoms with van der Waals surface area (Å²) in [5.41, 5.74) is 1.38. The lowest BCUT2D eigenvalue weighted by molar-refractivity contribution is -0.133. The molecule has 1 saturated heterocycles. The van der Waals surface area contributed by atoms with Crippen LogP contribution >= 0.6 is 0 Å². The summed E-state index contributed by atoms with van der Waals surface area (Å²) < 4.78 is 22.0. The van der Waals surface area contributed by atoms with Crippen molar-refractivity contribution in [2.45, 2.75) is 32.0 Å². The average molecular weight is 493 g/mol. The van der Waals surface area contributed by atoms with Crippen molar-refractivity contribution < 1.29 is 28.2 Å². The third-order valence-electron chi connectivity index (χ3n) is 6.16. The van der Waals surface area contributed by atoms with Crippen LogP contribution in [-0.4, -0.2) is 61.6 Å². The number of hydrogen-bond donors (Lipinski definition) is 0. The van der Waals surface area contributed by atoms with E-state index in [-0.39, 0.29) is 24.5 Å². The highest BCUT2D eigenvalue weighted by Crippen LogP contribution is 2.24. The van der Waals surface area contributed by atoms with E-state index < -0.39 is 0 Å². The van der Waals surface area contributed by atoms with Gasteiger partial charge in [-0.25, -0.2) is 0 Å². The van der Waals surface area contributed by atoms with Gasteiger partial charge in [0.2, 0.25) is 5.91 Å². The predicted octanol–water partition coefficient (Wildman–Crippen LogP) is 4.15. The van der Waals surface area contributed by atoms with Crippen LogP contribution in [0.3, 0.4) is 0 Å². The second kappa shape index (κ2) is 12.3. The van der Waals surface area contributed by atoms with Gasteiger partial charge >= 0.3 is 0 Å². The first-order valence-corrected chi connectivity index (χ1v) is 12.0. The Balaban J connectivity index is 1.58. The number of methoxy groups -OCH3 is 2. The van der Waals surface area contributed by atoms with Crippen molar-refractivity contribution in [2.24, 2.45) is 0 Å². The molecule has 0 saturated carbocycles. The Kier molecular flexibility index (Phi) is 8.62. The number of carbonyl (C=O) groups is 2. The molecule has 0 aliphatic carbocycles. The average Bonchev–Trinajstić information content (AvgIpc) is 3.62. The number of ether oxygens (including phenoxy) is 3. The van der Waals surface area contributed by atoms with Crippen molar-refractivity contribution in [3.63, 3.8) is 0 Å². The Hall–Kier alpha value is -3.78. The molecule has 2 aromatic carbocycles. The summed E-state index contributed by atoms with van der Waals surface area (Å²) >= 11 is 0. The Morgan fingerprint density at radius 1 is 0.944 bits per heavy atom. The van der Waals surface area contributed by atoms with Gasteiger partial charge in [-0.2, -0.15) is 0 Å². The van der Waals surface area contributed by atoms with E-state index in [4.69, 9.17) is 18.6 Å². The summed E-state index contributed by atoms with van der Waals surface area (Å²) in [4.78, 5) is 30.6. The molecular weight excluding hydrogens is 460 g/mol. The van der Waals surface area contributed by atoms with Gasteiger partial charge in [-0.1, -0.05) is 30.3 Å². The van der Waals surface area contributed by atoms with Crippen molar-refractivity contribution in [1.82, 2.24) is 9.80 Å². The fourth-order valence-corrected chi connectivity index (χ4v) is 4.26. The van der Waals surface area contributed by atoms with Crippen LogP contribution < -0.4 is 9.47 Å². The zero-order chi connectivity index (χ0) is 25.3. The molecule has 0 bridgehead atoms. The van der Waals surface area contributed by atoms with Crippen LogP contribution in [0.25, 0.3) is 0 Å². The molecule has 8 nitrogen and oxygen atoms in total. The lowest BCUT2D eigenvalue weighted by Crippen LogP contribution is -2.45. The van der Waals surface area contributed by atoms with E-state index in [1.165, 1.54) is 14.2 Å². The first kappa shape index (κ1) is 25.3. The standard InChI is InChI=1S/C28H32N2O6/c1-33-25-14-22(15-26(16-25)34-2)28(32)30(19-24-11-7-13-36-24)20-27(31)29(18-23-10-6-12-35-23)17-21-8-4-3-5-9-21/h3-6,8-10,12,14-16,24H,7,11,13,17-20H2,1-2H3. The quantitative estimate of drug-likeness (QED) is 0.400. The number of amides is 2. The van der Waals surface area contributed by atoms with Crippen LogP contribution in [0.4, 0.5) is 0 Å². The smallest absolute Gasteiger partial charge is 0.254 e. The van der Waals surface area contributed by atoms with Crippen LogP contribution in [-0.2, 0) is 22.6 Å². The largest absolute Gasteiger partial charge is 0.497 e. The van der Waals surface area contributed by atoms with Crippen molar-refractivity contribution in [1.29, 1.82) is 0 Å². The van der Waals surface area contributed by atoms with Gasteiger partial charge in [-0.15, -0.1) is 0 Å². The van der Waals surface area contributed by atoms with Gasteiger partial charge in [0.1, 0.15) is 23.8 Å². The third kappa shape index (κ3) is 6.66. The molecule has 3 aromatic rings. The maximum absolute atomic E-state index is 13.7. The molecule has 2 heterocycles. The van der Waals surface area contributed by atoms with E-state index in [2.05, 4.69) is 0 Å². The molecule has 1 fully saturated rings. The van der Waals surface area contributed by atoms with Crippen LogP contribution in [0.1, 0.15) is 34.5 Å². The van der Waals surface area contributed by atoms with Crippen LogP contribution in [0.5, 0.6) is 11.5 Å². The van der Waals surface area contributed by atoms with Crippen LogP contribution in [0, 0.1) is 0 Å². The van der Waals surface area contributed by atoms with Gasteiger partial charge in [-0.3, -0.25) is 9.59 Å². The van der Waals surface area contributed by atoms with Crippen molar-refractivity contribution in [2.75, 3.05) is 33.9 Å². The van der Waals surface area contributed by atoms with Crippen LogP contribution in [0.2, 0.25) is 0 Å². The van der Waals surface area contributed by atoms with Gasteiger partial charge in [0.05, 0.1) is 33.1 Å². The maximum Gasteiger partial charge on any atom is 0.254 e. The zero-order valence-electron chi connectivity index (χ0n) is 20.7. The van der Waals surface area contributed by atoms with Gasteiger partial charge < -0.3 is 28.4 Å². The highest BCUT2D eigenvalue weighted by atomic mass is 16.5. The molecule has 1 aromatic heterocycles. The van der Waals surface area contributed by atoms with E-state index in [1.54, 1.807) is 40.3 Å². The van der Waals surface area contributed by atoms with Crippen LogP contribution in [0.15, 0.2) is 71.3 Å². The summed E-state index contributed by atoms with van der Waals surface area (Å²) in [6.07, 6.45) is 3.26. The Morgan fingerprint density at radius 2 is 1.69 bits per heavy atom. The SMILES string of the molecule is COc1cc(OC)cc(C(=O)N(CC(=O)N(Cc2ccccc2)Cc2ccco2)CC2CCCO2)c1. The van der Waals surface area contributed by atoms with Gasteiger partial charge in [0, 0.05) is 31.3 Å². The molecule has 4 rings (SSSR count). The summed E-state index contributed by atoms with van der Waals surface area (Å²) in [6, 6.07) is 18.4. The van der Waals surface area contributed by atoms with Crippen molar-refractivity contribution >= 4 is 11.8 Å². The minimum absolute atomic E-state index is 0.0915. The molecular formula is C28H32N2O6. The molecule has 0 spiro atoms. The van der Waals surface area contributed by atoms with Gasteiger partial charge in [0.15, 0.2) is 0 Å². The van der Waals surface area contributed by atoms with Crippen molar-refractivity contribution in [3.8, 4) is 11.5 Å². The third-order valence-corrected chi connectivity index (χ3v) is 6.16. The minimum atomic E-state index is -0.284. The number of nitrogens with zero attached hydrogens (tertiary/aromatic N) is 2. The highest BCUT2D eigenvalue weighted by Gasteiger charge is 2.28. The molecule has 190 valence electrons. The second-order valence-electron chi connectivity index (χ2n) is 8.74. The fourth-order valence-electron chi connectivity index (χ4n) is 4.26. The molecule has 2 amide bonds. The molecule has 36 heavy (non-hydrogen) atoms. The number of carbonyl (C=O) groups excluding carboxylic acids is 2. The maximum atomic E-state index is 13.7. The molecule has 1 aliphatic heterocycles. The monoisotopic (exact) mass is 492 g/mol. The number of rotatable bonds is 11. The Bertz CT molecular complexity index is 1100. The predicted molar refractivity (Wildman–Crippen MR) is 134 cm³/mol. The normalized spacial score (nSPS) is 14.9. The Morgan fingerprint density at radius 3 is 2.31 bits per heavy atom. The number of hydrogen-bond acceptors (Lipinski definition) is 6. The lowest BCUT2D eigenvalue weighted by atomic mass is 10.1. The van der Waals surface area contributed by atoms with E-state index in [0.717, 1.165) is 18.4 Å². The van der Waals surface area contributed by atoms with E-state index in [0.29, 0.717) is 49.1 Å². The zero-order valence-corrected chi connectivity index (χ0v) is 20.7. The number of furan rings is 1. The van der Waals surface area contributed by atoms with Gasteiger partial charge in [0.25, 0.3) is 5.91 Å². The van der Waals surface area contributed by atoms with E-state index in [1.807, 2.05) is 36.4 Å². The molecule has 0 N–H and O–H groups in total. The summed E-state index contributed by atoms with van der Waals surface area (Å²) in [7, 11) is 3.07. The van der Waals surface area contributed by atoms with Crippen molar-refractivity contribution in [3.05, 3.63) is 83.8 Å². The lowest BCUT2D eigenvalue weighted by Gasteiger charge is -2.29. The fraction of sp³-hybridized carbons (Fsp3) is 0.357. The molecule has 1 atom stereocenters. The van der Waals surface area contributed by atoms with E-state index in [9.17, 15) is 9.59 Å². The Labute approximate surface area is 211 Å². The molecule has 1 aliphatic rings. The molecule has 8 heteroatoms. The first-order chi connectivity index (χ1) is 17.6.